The maximum Gasteiger partial charge on any atom is 0.251 e. The molecule has 4 heteroatoms. The van der Waals surface area contributed by atoms with E-state index < -0.39 is 0 Å². The zero-order valence-electron chi connectivity index (χ0n) is 14.6. The van der Waals surface area contributed by atoms with Crippen LogP contribution in [0.1, 0.15) is 15.9 Å². The number of rotatable bonds is 6. The fourth-order valence-corrected chi connectivity index (χ4v) is 3.41. The number of amides is 1. The first kappa shape index (κ1) is 16.6. The van der Waals surface area contributed by atoms with Crippen molar-refractivity contribution < 1.29 is 9.53 Å². The number of para-hydroxylation sites is 1. The third-order valence-corrected chi connectivity index (χ3v) is 4.71. The molecule has 2 N–H and O–H groups in total. The van der Waals surface area contributed by atoms with Gasteiger partial charge in [-0.3, -0.25) is 4.79 Å². The van der Waals surface area contributed by atoms with Gasteiger partial charge in [0, 0.05) is 31.6 Å². The predicted molar refractivity (Wildman–Crippen MR) is 104 cm³/mol. The highest BCUT2D eigenvalue weighted by molar-refractivity contribution is 6.06. The maximum atomic E-state index is 12.5. The molecule has 0 aliphatic carbocycles. The van der Waals surface area contributed by atoms with Crippen LogP contribution >= 0.6 is 0 Å². The molecule has 1 aliphatic rings. The van der Waals surface area contributed by atoms with Crippen molar-refractivity contribution in [1.29, 1.82) is 0 Å². The van der Waals surface area contributed by atoms with Gasteiger partial charge in [-0.2, -0.15) is 0 Å². The molecule has 1 heterocycles. The highest BCUT2D eigenvalue weighted by Gasteiger charge is 2.21. The summed E-state index contributed by atoms with van der Waals surface area (Å²) in [6, 6.07) is 21.9. The van der Waals surface area contributed by atoms with Crippen molar-refractivity contribution in [3.63, 3.8) is 0 Å². The molecule has 4 nitrogen and oxygen atoms in total. The molecule has 0 radical (unpaired) electrons. The third kappa shape index (κ3) is 3.55. The van der Waals surface area contributed by atoms with Crippen LogP contribution in [0.2, 0.25) is 0 Å². The zero-order chi connectivity index (χ0) is 17.8. The molecule has 0 bridgehead atoms. The molecule has 1 atom stereocenters. The van der Waals surface area contributed by atoms with Crippen LogP contribution in [-0.2, 0) is 6.42 Å². The topological polar surface area (TPSA) is 50.4 Å². The minimum Gasteiger partial charge on any atom is -0.488 e. The largest absolute Gasteiger partial charge is 0.488 e. The SMILES string of the molecule is O=C(NCCNCC1Cc2ccccc2O1)c1cccc2ccccc12. The van der Waals surface area contributed by atoms with Gasteiger partial charge in [-0.1, -0.05) is 54.6 Å². The van der Waals surface area contributed by atoms with Gasteiger partial charge in [0.1, 0.15) is 11.9 Å². The fourth-order valence-electron chi connectivity index (χ4n) is 3.41. The van der Waals surface area contributed by atoms with Crippen LogP contribution in [0.5, 0.6) is 5.75 Å². The molecule has 3 aromatic carbocycles. The van der Waals surface area contributed by atoms with Gasteiger partial charge < -0.3 is 15.4 Å². The van der Waals surface area contributed by atoms with Gasteiger partial charge in [0.2, 0.25) is 0 Å². The number of fused-ring (bicyclic) bond motifs is 2. The van der Waals surface area contributed by atoms with Gasteiger partial charge in [0.15, 0.2) is 0 Å². The van der Waals surface area contributed by atoms with Gasteiger partial charge >= 0.3 is 0 Å². The van der Waals surface area contributed by atoms with E-state index in [2.05, 4.69) is 16.7 Å². The molecule has 0 fully saturated rings. The lowest BCUT2D eigenvalue weighted by atomic mass is 10.0. The van der Waals surface area contributed by atoms with E-state index in [1.54, 1.807) is 0 Å². The van der Waals surface area contributed by atoms with E-state index in [0.29, 0.717) is 13.1 Å². The van der Waals surface area contributed by atoms with Gasteiger partial charge in [-0.25, -0.2) is 0 Å². The molecule has 3 aromatic rings. The minimum atomic E-state index is -0.0341. The summed E-state index contributed by atoms with van der Waals surface area (Å²) in [7, 11) is 0. The number of hydrogen-bond acceptors (Lipinski definition) is 3. The highest BCUT2D eigenvalue weighted by atomic mass is 16.5. The van der Waals surface area contributed by atoms with Crippen LogP contribution in [0.3, 0.4) is 0 Å². The van der Waals surface area contributed by atoms with Crippen LogP contribution < -0.4 is 15.4 Å². The van der Waals surface area contributed by atoms with Crippen LogP contribution in [0, 0.1) is 0 Å². The summed E-state index contributed by atoms with van der Waals surface area (Å²) in [6.45, 7) is 2.08. The average Bonchev–Trinajstić information content (AvgIpc) is 3.10. The van der Waals surface area contributed by atoms with Crippen molar-refractivity contribution in [2.45, 2.75) is 12.5 Å². The van der Waals surface area contributed by atoms with E-state index in [0.717, 1.165) is 35.1 Å². The van der Waals surface area contributed by atoms with Crippen LogP contribution in [-0.4, -0.2) is 31.6 Å². The van der Waals surface area contributed by atoms with Crippen molar-refractivity contribution in [3.05, 3.63) is 77.9 Å². The molecule has 0 spiro atoms. The van der Waals surface area contributed by atoms with Crippen LogP contribution in [0.15, 0.2) is 66.7 Å². The molecule has 0 saturated carbocycles. The second kappa shape index (κ2) is 7.58. The number of ether oxygens (including phenoxy) is 1. The normalized spacial score (nSPS) is 15.5. The maximum absolute atomic E-state index is 12.5. The number of carbonyl (C=O) groups is 1. The van der Waals surface area contributed by atoms with E-state index in [9.17, 15) is 4.79 Å². The Hall–Kier alpha value is -2.85. The molecular weight excluding hydrogens is 324 g/mol. The lowest BCUT2D eigenvalue weighted by molar-refractivity contribution is 0.0955. The Morgan fingerprint density at radius 3 is 2.69 bits per heavy atom. The summed E-state index contributed by atoms with van der Waals surface area (Å²) in [6.07, 6.45) is 1.10. The first-order valence-corrected chi connectivity index (χ1v) is 9.02. The van der Waals surface area contributed by atoms with Crippen molar-refractivity contribution in [3.8, 4) is 5.75 Å². The van der Waals surface area contributed by atoms with Crippen molar-refractivity contribution in [2.24, 2.45) is 0 Å². The number of benzene rings is 3. The molecule has 26 heavy (non-hydrogen) atoms. The number of carbonyl (C=O) groups excluding carboxylic acids is 1. The lowest BCUT2D eigenvalue weighted by Crippen LogP contribution is -2.36. The van der Waals surface area contributed by atoms with E-state index in [1.807, 2.05) is 60.7 Å². The van der Waals surface area contributed by atoms with Crippen molar-refractivity contribution in [1.82, 2.24) is 10.6 Å². The summed E-state index contributed by atoms with van der Waals surface area (Å²) in [5, 5.41) is 8.42. The first-order chi connectivity index (χ1) is 12.8. The molecular formula is C22H22N2O2. The standard InChI is InChI=1S/C22H22N2O2/c25-22(20-10-5-8-16-6-1-3-9-19(16)20)24-13-12-23-15-18-14-17-7-2-4-11-21(17)26-18/h1-11,18,23H,12-15H2,(H,24,25). The quantitative estimate of drug-likeness (QED) is 0.674. The van der Waals surface area contributed by atoms with Gasteiger partial charge in [-0.05, 0) is 28.5 Å². The van der Waals surface area contributed by atoms with Crippen LogP contribution in [0.25, 0.3) is 10.8 Å². The summed E-state index contributed by atoms with van der Waals surface area (Å²) in [5.41, 5.74) is 1.99. The van der Waals surface area contributed by atoms with Gasteiger partial charge in [0.05, 0.1) is 0 Å². The van der Waals surface area contributed by atoms with Crippen LogP contribution in [0.4, 0.5) is 0 Å². The lowest BCUT2D eigenvalue weighted by Gasteiger charge is -2.12. The van der Waals surface area contributed by atoms with Gasteiger partial charge in [0.25, 0.3) is 5.91 Å². The number of nitrogens with one attached hydrogen (secondary N) is 2. The summed E-state index contributed by atoms with van der Waals surface area (Å²) in [4.78, 5) is 12.5. The minimum absolute atomic E-state index is 0.0341. The summed E-state index contributed by atoms with van der Waals surface area (Å²) >= 11 is 0. The van der Waals surface area contributed by atoms with Gasteiger partial charge in [-0.15, -0.1) is 0 Å². The molecule has 1 aliphatic heterocycles. The smallest absolute Gasteiger partial charge is 0.251 e. The second-order valence-corrected chi connectivity index (χ2v) is 6.54. The molecule has 132 valence electrons. The van der Waals surface area contributed by atoms with E-state index >= 15 is 0 Å². The van der Waals surface area contributed by atoms with E-state index in [4.69, 9.17) is 4.74 Å². The Morgan fingerprint density at radius 2 is 1.77 bits per heavy atom. The third-order valence-electron chi connectivity index (χ3n) is 4.71. The Kier molecular flexibility index (Phi) is 4.84. The summed E-state index contributed by atoms with van der Waals surface area (Å²) in [5.74, 6) is 0.955. The van der Waals surface area contributed by atoms with Crippen molar-refractivity contribution in [2.75, 3.05) is 19.6 Å². The van der Waals surface area contributed by atoms with E-state index in [1.165, 1.54) is 5.56 Å². The molecule has 0 aromatic heterocycles. The highest BCUT2D eigenvalue weighted by Crippen LogP contribution is 2.27. The van der Waals surface area contributed by atoms with E-state index in [-0.39, 0.29) is 12.0 Å². The van der Waals surface area contributed by atoms with Crippen molar-refractivity contribution >= 4 is 16.7 Å². The Morgan fingerprint density at radius 1 is 0.962 bits per heavy atom. The fraction of sp³-hybridized carbons (Fsp3) is 0.227. The average molecular weight is 346 g/mol. The summed E-state index contributed by atoms with van der Waals surface area (Å²) < 4.78 is 5.90. The Bertz CT molecular complexity index is 892. The zero-order valence-corrected chi connectivity index (χ0v) is 14.6. The molecule has 1 unspecified atom stereocenters. The second-order valence-electron chi connectivity index (χ2n) is 6.54. The number of hydrogen-bond donors (Lipinski definition) is 2. The molecule has 1 amide bonds. The predicted octanol–water partition coefficient (Wildman–Crippen LogP) is 3.16. The first-order valence-electron chi connectivity index (χ1n) is 9.02. The molecule has 4 rings (SSSR count). The monoisotopic (exact) mass is 346 g/mol. The Balaban J connectivity index is 1.23. The molecule has 0 saturated heterocycles. The Labute approximate surface area is 153 Å².